The Morgan fingerprint density at radius 3 is 2.56 bits per heavy atom. The van der Waals surface area contributed by atoms with Crippen molar-refractivity contribution < 1.29 is 0 Å². The second-order valence-corrected chi connectivity index (χ2v) is 6.52. The lowest BCUT2D eigenvalue weighted by atomic mass is 10.0. The summed E-state index contributed by atoms with van der Waals surface area (Å²) in [5.41, 5.74) is 5.54. The van der Waals surface area contributed by atoms with E-state index in [-0.39, 0.29) is 0 Å². The largest absolute Gasteiger partial charge is 0.367 e. The second-order valence-electron chi connectivity index (χ2n) is 6.52. The number of benzene rings is 2. The van der Waals surface area contributed by atoms with E-state index in [1.54, 1.807) is 0 Å². The van der Waals surface area contributed by atoms with Gasteiger partial charge in [0.2, 0.25) is 0 Å². The number of hydrogen-bond acceptors (Lipinski definition) is 4. The number of nitrogens with zero attached hydrogens (tertiary/aromatic N) is 4. The summed E-state index contributed by atoms with van der Waals surface area (Å²) in [6, 6.07) is 16.7. The zero-order valence-corrected chi connectivity index (χ0v) is 14.4. The maximum Gasteiger partial charge on any atom is 0.136 e. The molecule has 2 aromatic carbocycles. The molecule has 25 heavy (non-hydrogen) atoms. The van der Waals surface area contributed by atoms with Crippen LogP contribution in [0.1, 0.15) is 12.0 Å². The average Bonchev–Trinajstić information content (AvgIpc) is 3.16. The van der Waals surface area contributed by atoms with Crippen LogP contribution >= 0.6 is 0 Å². The van der Waals surface area contributed by atoms with Crippen molar-refractivity contribution in [2.75, 3.05) is 37.6 Å². The van der Waals surface area contributed by atoms with Gasteiger partial charge in [-0.25, -0.2) is 0 Å². The van der Waals surface area contributed by atoms with Gasteiger partial charge in [-0.15, -0.1) is 0 Å². The van der Waals surface area contributed by atoms with E-state index >= 15 is 0 Å². The van der Waals surface area contributed by atoms with Gasteiger partial charge >= 0.3 is 0 Å². The van der Waals surface area contributed by atoms with Crippen LogP contribution in [0, 0.1) is 0 Å². The molecule has 1 aliphatic rings. The van der Waals surface area contributed by atoms with Gasteiger partial charge in [0.15, 0.2) is 0 Å². The lowest BCUT2D eigenvalue weighted by molar-refractivity contribution is 0.264. The number of piperazine rings is 1. The topological polar surface area (TPSA) is 48.0 Å². The molecule has 0 unspecified atom stereocenters. The van der Waals surface area contributed by atoms with Gasteiger partial charge in [-0.1, -0.05) is 43.0 Å². The minimum Gasteiger partial charge on any atom is -0.367 e. The van der Waals surface area contributed by atoms with Crippen molar-refractivity contribution in [3.63, 3.8) is 0 Å². The van der Waals surface area contributed by atoms with Gasteiger partial charge < -0.3 is 4.90 Å². The molecule has 0 atom stereocenters. The maximum atomic E-state index is 4.30. The van der Waals surface area contributed by atoms with E-state index in [1.807, 2.05) is 12.1 Å². The molecule has 4 rings (SSSR count). The van der Waals surface area contributed by atoms with E-state index in [1.165, 1.54) is 16.8 Å². The monoisotopic (exact) mass is 333 g/mol. The van der Waals surface area contributed by atoms with E-state index in [2.05, 4.69) is 68.2 Å². The summed E-state index contributed by atoms with van der Waals surface area (Å²) in [6.07, 6.45) is 1.02. The van der Waals surface area contributed by atoms with Gasteiger partial charge in [0.25, 0.3) is 0 Å². The number of aromatic amines is 1. The molecule has 0 saturated carbocycles. The molecule has 1 aliphatic heterocycles. The van der Waals surface area contributed by atoms with Gasteiger partial charge in [0, 0.05) is 32.7 Å². The summed E-state index contributed by atoms with van der Waals surface area (Å²) in [4.78, 5) is 4.93. The third-order valence-corrected chi connectivity index (χ3v) is 4.95. The van der Waals surface area contributed by atoms with Crippen LogP contribution in [0.25, 0.3) is 16.6 Å². The standard InChI is InChI=1S/C20H23N5/c1-16(17-6-3-2-4-7-17)10-11-24-12-14-25(15-13-24)19-9-5-8-18-20(19)22-23-21-18/h2-9H,1,10-15H2,(H,21,22,23). The summed E-state index contributed by atoms with van der Waals surface area (Å²) in [7, 11) is 0. The van der Waals surface area contributed by atoms with E-state index in [0.29, 0.717) is 0 Å². The van der Waals surface area contributed by atoms with Crippen LogP contribution in [0.2, 0.25) is 0 Å². The number of H-pyrrole nitrogens is 1. The molecule has 0 radical (unpaired) electrons. The first-order chi connectivity index (χ1) is 12.3. The number of para-hydroxylation sites is 1. The third kappa shape index (κ3) is 3.42. The van der Waals surface area contributed by atoms with Crippen LogP contribution in [-0.4, -0.2) is 53.0 Å². The molecule has 1 N–H and O–H groups in total. The molecular formula is C20H23N5. The number of nitrogens with one attached hydrogen (secondary N) is 1. The van der Waals surface area contributed by atoms with Crippen LogP contribution < -0.4 is 4.90 Å². The molecule has 3 aromatic rings. The summed E-state index contributed by atoms with van der Waals surface area (Å²) >= 11 is 0. The van der Waals surface area contributed by atoms with Crippen molar-refractivity contribution in [2.24, 2.45) is 0 Å². The Balaban J connectivity index is 1.33. The quantitative estimate of drug-likeness (QED) is 0.779. The Kier molecular flexibility index (Phi) is 4.48. The first-order valence-corrected chi connectivity index (χ1v) is 8.81. The number of fused-ring (bicyclic) bond motifs is 1. The highest BCUT2D eigenvalue weighted by Crippen LogP contribution is 2.24. The zero-order valence-electron chi connectivity index (χ0n) is 14.4. The highest BCUT2D eigenvalue weighted by Gasteiger charge is 2.19. The van der Waals surface area contributed by atoms with Gasteiger partial charge in [-0.05, 0) is 29.7 Å². The van der Waals surface area contributed by atoms with Crippen molar-refractivity contribution in [3.05, 3.63) is 60.7 Å². The minimum absolute atomic E-state index is 0.930. The molecule has 1 saturated heterocycles. The fourth-order valence-corrected chi connectivity index (χ4v) is 3.43. The van der Waals surface area contributed by atoms with Crippen LogP contribution in [0.15, 0.2) is 55.1 Å². The van der Waals surface area contributed by atoms with Crippen molar-refractivity contribution in [2.45, 2.75) is 6.42 Å². The summed E-state index contributed by atoms with van der Waals surface area (Å²) in [6.45, 7) is 9.48. The number of hydrogen-bond donors (Lipinski definition) is 1. The second kappa shape index (κ2) is 7.07. The van der Waals surface area contributed by atoms with Gasteiger partial charge in [-0.3, -0.25) is 4.90 Å². The SMILES string of the molecule is C=C(CCN1CCN(c2cccc3n[nH]nc23)CC1)c1ccccc1. The number of aromatic nitrogens is 3. The van der Waals surface area contributed by atoms with Crippen LogP contribution in [-0.2, 0) is 0 Å². The highest BCUT2D eigenvalue weighted by molar-refractivity contribution is 5.87. The highest BCUT2D eigenvalue weighted by atomic mass is 15.3. The molecule has 0 amide bonds. The van der Waals surface area contributed by atoms with Crippen molar-refractivity contribution in [1.82, 2.24) is 20.3 Å². The Morgan fingerprint density at radius 1 is 0.960 bits per heavy atom. The summed E-state index contributed by atoms with van der Waals surface area (Å²) in [5, 5.41) is 11.2. The summed E-state index contributed by atoms with van der Waals surface area (Å²) in [5.74, 6) is 0. The Morgan fingerprint density at radius 2 is 1.76 bits per heavy atom. The normalized spacial score (nSPS) is 15.6. The number of rotatable bonds is 5. The molecule has 0 bridgehead atoms. The predicted octanol–water partition coefficient (Wildman–Crippen LogP) is 3.18. The predicted molar refractivity (Wildman–Crippen MR) is 103 cm³/mol. The van der Waals surface area contributed by atoms with Crippen LogP contribution in [0.3, 0.4) is 0 Å². The molecule has 0 aliphatic carbocycles. The molecular weight excluding hydrogens is 310 g/mol. The lowest BCUT2D eigenvalue weighted by Gasteiger charge is -2.36. The van der Waals surface area contributed by atoms with Crippen LogP contribution in [0.5, 0.6) is 0 Å². The Bertz CT molecular complexity index is 847. The van der Waals surface area contributed by atoms with Crippen molar-refractivity contribution >= 4 is 22.3 Å². The first-order valence-electron chi connectivity index (χ1n) is 8.81. The molecule has 128 valence electrons. The van der Waals surface area contributed by atoms with E-state index in [4.69, 9.17) is 0 Å². The molecule has 1 fully saturated rings. The smallest absolute Gasteiger partial charge is 0.136 e. The Labute approximate surface area is 147 Å². The van der Waals surface area contributed by atoms with Gasteiger partial charge in [0.05, 0.1) is 5.69 Å². The summed E-state index contributed by atoms with van der Waals surface area (Å²) < 4.78 is 0. The molecule has 2 heterocycles. The van der Waals surface area contributed by atoms with E-state index in [9.17, 15) is 0 Å². The van der Waals surface area contributed by atoms with E-state index in [0.717, 1.165) is 50.2 Å². The number of anilines is 1. The zero-order chi connectivity index (χ0) is 17.1. The molecule has 0 spiro atoms. The van der Waals surface area contributed by atoms with E-state index < -0.39 is 0 Å². The van der Waals surface area contributed by atoms with Crippen molar-refractivity contribution in [3.8, 4) is 0 Å². The lowest BCUT2D eigenvalue weighted by Crippen LogP contribution is -2.46. The van der Waals surface area contributed by atoms with Crippen molar-refractivity contribution in [1.29, 1.82) is 0 Å². The van der Waals surface area contributed by atoms with Gasteiger partial charge in [0.1, 0.15) is 11.0 Å². The maximum absolute atomic E-state index is 4.30. The molecule has 5 heteroatoms. The fourth-order valence-electron chi connectivity index (χ4n) is 3.43. The van der Waals surface area contributed by atoms with Gasteiger partial charge in [-0.2, -0.15) is 15.4 Å². The minimum atomic E-state index is 0.930. The Hall–Kier alpha value is -2.66. The molecule has 5 nitrogen and oxygen atoms in total. The molecule has 1 aromatic heterocycles. The average molecular weight is 333 g/mol. The first kappa shape index (κ1) is 15.8. The fraction of sp³-hybridized carbons (Fsp3) is 0.300. The third-order valence-electron chi connectivity index (χ3n) is 4.95. The van der Waals surface area contributed by atoms with Crippen LogP contribution in [0.4, 0.5) is 5.69 Å².